The van der Waals surface area contributed by atoms with Gasteiger partial charge < -0.3 is 10.2 Å². The average Bonchev–Trinajstić information content (AvgIpc) is 2.85. The van der Waals surface area contributed by atoms with Crippen molar-refractivity contribution in [2.75, 3.05) is 29.4 Å². The molecular formula is C26H26Cl2N4O3S. The second-order valence-electron chi connectivity index (χ2n) is 9.03. The van der Waals surface area contributed by atoms with E-state index in [-0.39, 0.29) is 29.7 Å². The van der Waals surface area contributed by atoms with E-state index < -0.39 is 16.1 Å². The third-order valence-electron chi connectivity index (χ3n) is 6.46. The number of fused-ring (bicyclic) bond motifs is 1. The average molecular weight is 545 g/mol. The molecule has 2 aliphatic rings. The fourth-order valence-corrected chi connectivity index (χ4v) is 6.84. The standard InChI is InChI=1S/C26H26Cl2N4O3S/c1-18-15-30(12-11-29-18)23-13-21(27)14-24-25(23)36(34,35)32(17-20-9-5-6-10-22(20)28)26(33)31(24)16-19-7-3-2-4-8-19/h2-10,13-14,18,29H,11-12,15-17H2,1H3/t18-/m1/s1. The molecule has 0 spiro atoms. The van der Waals surface area contributed by atoms with Crippen molar-refractivity contribution in [1.29, 1.82) is 0 Å². The van der Waals surface area contributed by atoms with Crippen LogP contribution in [0.5, 0.6) is 0 Å². The van der Waals surface area contributed by atoms with Crippen molar-refractivity contribution in [1.82, 2.24) is 9.62 Å². The maximum atomic E-state index is 14.1. The van der Waals surface area contributed by atoms with Crippen molar-refractivity contribution in [2.24, 2.45) is 0 Å². The summed E-state index contributed by atoms with van der Waals surface area (Å²) in [4.78, 5) is 17.4. The van der Waals surface area contributed by atoms with Gasteiger partial charge in [0, 0.05) is 35.7 Å². The van der Waals surface area contributed by atoms with E-state index in [9.17, 15) is 13.2 Å². The Labute approximate surface area is 221 Å². The van der Waals surface area contributed by atoms with Crippen molar-refractivity contribution in [3.05, 3.63) is 87.9 Å². The van der Waals surface area contributed by atoms with E-state index in [1.165, 1.54) is 4.90 Å². The minimum absolute atomic E-state index is 0.0867. The number of amides is 2. The zero-order chi connectivity index (χ0) is 25.4. The molecule has 0 aromatic heterocycles. The number of sulfonamides is 1. The third kappa shape index (κ3) is 4.66. The molecule has 0 saturated carbocycles. The number of hydrogen-bond acceptors (Lipinski definition) is 5. The first-order chi connectivity index (χ1) is 17.3. The Morgan fingerprint density at radius 2 is 1.67 bits per heavy atom. The molecule has 2 heterocycles. The van der Waals surface area contributed by atoms with Crippen LogP contribution < -0.4 is 15.1 Å². The van der Waals surface area contributed by atoms with E-state index >= 15 is 0 Å². The second kappa shape index (κ2) is 9.94. The maximum absolute atomic E-state index is 14.1. The summed E-state index contributed by atoms with van der Waals surface area (Å²) in [6.45, 7) is 4.00. The molecule has 10 heteroatoms. The first-order valence-electron chi connectivity index (χ1n) is 11.7. The Hall–Kier alpha value is -2.78. The number of piperazine rings is 1. The highest BCUT2D eigenvalue weighted by molar-refractivity contribution is 7.90. The van der Waals surface area contributed by atoms with Crippen LogP contribution in [0.1, 0.15) is 18.1 Å². The number of hydrogen-bond donors (Lipinski definition) is 1. The van der Waals surface area contributed by atoms with Crippen molar-refractivity contribution < 1.29 is 13.2 Å². The molecule has 1 fully saturated rings. The van der Waals surface area contributed by atoms with E-state index in [0.717, 1.165) is 9.87 Å². The highest BCUT2D eigenvalue weighted by Crippen LogP contribution is 2.44. The molecule has 2 aliphatic heterocycles. The fourth-order valence-electron chi connectivity index (χ4n) is 4.72. The summed E-state index contributed by atoms with van der Waals surface area (Å²) in [5.74, 6) is 0. The minimum atomic E-state index is -4.22. The number of carbonyl (C=O) groups is 1. The molecule has 5 rings (SSSR count). The second-order valence-corrected chi connectivity index (χ2v) is 11.7. The number of nitrogens with zero attached hydrogens (tertiary/aromatic N) is 3. The number of nitrogens with one attached hydrogen (secondary N) is 1. The quantitative estimate of drug-likeness (QED) is 0.482. The number of urea groups is 1. The van der Waals surface area contributed by atoms with Gasteiger partial charge in [-0.05, 0) is 36.2 Å². The lowest BCUT2D eigenvalue weighted by Gasteiger charge is -2.40. The lowest BCUT2D eigenvalue weighted by molar-refractivity contribution is 0.226. The fraction of sp³-hybridized carbons (Fsp3) is 0.269. The summed E-state index contributed by atoms with van der Waals surface area (Å²) in [5.41, 5.74) is 2.20. The largest absolute Gasteiger partial charge is 0.367 e. The summed E-state index contributed by atoms with van der Waals surface area (Å²) in [7, 11) is -4.22. The Balaban J connectivity index is 1.69. The molecule has 3 aromatic rings. The number of benzene rings is 3. The van der Waals surface area contributed by atoms with Gasteiger partial charge in [0.15, 0.2) is 0 Å². The molecule has 1 saturated heterocycles. The van der Waals surface area contributed by atoms with Gasteiger partial charge in [-0.3, -0.25) is 4.90 Å². The van der Waals surface area contributed by atoms with Crippen molar-refractivity contribution in [2.45, 2.75) is 31.0 Å². The third-order valence-corrected chi connectivity index (χ3v) is 8.85. The zero-order valence-corrected chi connectivity index (χ0v) is 22.0. The molecule has 0 radical (unpaired) electrons. The smallest absolute Gasteiger partial charge is 0.339 e. The van der Waals surface area contributed by atoms with Gasteiger partial charge in [0.05, 0.1) is 24.5 Å². The molecule has 7 nitrogen and oxygen atoms in total. The Kier molecular flexibility index (Phi) is 6.87. The van der Waals surface area contributed by atoms with Crippen LogP contribution >= 0.6 is 23.2 Å². The molecule has 2 amide bonds. The summed E-state index contributed by atoms with van der Waals surface area (Å²) in [6.07, 6.45) is 0. The van der Waals surface area contributed by atoms with Gasteiger partial charge in [-0.1, -0.05) is 71.7 Å². The monoisotopic (exact) mass is 544 g/mol. The molecule has 36 heavy (non-hydrogen) atoms. The lowest BCUT2D eigenvalue weighted by atomic mass is 10.1. The molecule has 188 valence electrons. The highest BCUT2D eigenvalue weighted by Gasteiger charge is 2.44. The molecule has 0 bridgehead atoms. The molecule has 0 aliphatic carbocycles. The van der Waals surface area contributed by atoms with Gasteiger partial charge >= 0.3 is 6.03 Å². The Morgan fingerprint density at radius 1 is 0.972 bits per heavy atom. The van der Waals surface area contributed by atoms with Crippen LogP contribution in [0.25, 0.3) is 0 Å². The highest BCUT2D eigenvalue weighted by atomic mass is 35.5. The van der Waals surface area contributed by atoms with E-state index in [1.807, 2.05) is 42.2 Å². The van der Waals surface area contributed by atoms with Gasteiger partial charge in [-0.2, -0.15) is 0 Å². The van der Waals surface area contributed by atoms with Crippen LogP contribution in [0.2, 0.25) is 10.0 Å². The lowest BCUT2D eigenvalue weighted by Crippen LogP contribution is -2.52. The van der Waals surface area contributed by atoms with Gasteiger partial charge in [-0.25, -0.2) is 17.5 Å². The predicted octanol–water partition coefficient (Wildman–Crippen LogP) is 5.12. The maximum Gasteiger partial charge on any atom is 0.339 e. The van der Waals surface area contributed by atoms with E-state index in [2.05, 4.69) is 5.32 Å². The normalized spacial score (nSPS) is 19.4. The van der Waals surface area contributed by atoms with Crippen molar-refractivity contribution >= 4 is 50.6 Å². The van der Waals surface area contributed by atoms with Gasteiger partial charge in [0.25, 0.3) is 10.0 Å². The number of rotatable bonds is 5. The van der Waals surface area contributed by atoms with Crippen LogP contribution in [-0.2, 0) is 23.1 Å². The Morgan fingerprint density at radius 3 is 2.39 bits per heavy atom. The number of halogens is 2. The van der Waals surface area contributed by atoms with Gasteiger partial charge in [0.1, 0.15) is 4.90 Å². The van der Waals surface area contributed by atoms with Gasteiger partial charge in [-0.15, -0.1) is 0 Å². The Bertz CT molecular complexity index is 1400. The van der Waals surface area contributed by atoms with Crippen LogP contribution in [0.4, 0.5) is 16.2 Å². The summed E-state index contributed by atoms with van der Waals surface area (Å²) < 4.78 is 29.2. The topological polar surface area (TPSA) is 73.0 Å². The van der Waals surface area contributed by atoms with Crippen molar-refractivity contribution in [3.8, 4) is 0 Å². The summed E-state index contributed by atoms with van der Waals surface area (Å²) in [5, 5.41) is 4.15. The molecular weight excluding hydrogens is 519 g/mol. The number of anilines is 2. The van der Waals surface area contributed by atoms with E-state index in [0.29, 0.717) is 40.9 Å². The molecule has 1 N–H and O–H groups in total. The minimum Gasteiger partial charge on any atom is -0.367 e. The number of carbonyl (C=O) groups excluding carboxylic acids is 1. The van der Waals surface area contributed by atoms with Crippen LogP contribution in [0, 0.1) is 0 Å². The first-order valence-corrected chi connectivity index (χ1v) is 13.9. The predicted molar refractivity (Wildman–Crippen MR) is 143 cm³/mol. The molecule has 1 atom stereocenters. The molecule has 0 unspecified atom stereocenters. The van der Waals surface area contributed by atoms with Crippen molar-refractivity contribution in [3.63, 3.8) is 0 Å². The molecule has 3 aromatic carbocycles. The van der Waals surface area contributed by atoms with Crippen LogP contribution in [0.15, 0.2) is 71.6 Å². The van der Waals surface area contributed by atoms with Gasteiger partial charge in [0.2, 0.25) is 0 Å². The van der Waals surface area contributed by atoms with Crippen LogP contribution in [0.3, 0.4) is 0 Å². The van der Waals surface area contributed by atoms with E-state index in [1.54, 1.807) is 36.4 Å². The zero-order valence-electron chi connectivity index (χ0n) is 19.7. The summed E-state index contributed by atoms with van der Waals surface area (Å²) >= 11 is 12.9. The SMILES string of the molecule is C[C@@H]1CN(c2cc(Cl)cc3c2S(=O)(=O)N(Cc2ccccc2Cl)C(=O)N3Cc2ccccc2)CCN1. The summed E-state index contributed by atoms with van der Waals surface area (Å²) in [6, 6.07) is 19.2. The van der Waals surface area contributed by atoms with Crippen LogP contribution in [-0.4, -0.2) is 44.4 Å². The first kappa shape index (κ1) is 24.9. The van der Waals surface area contributed by atoms with E-state index in [4.69, 9.17) is 23.2 Å².